The fraction of sp³-hybridized carbons (Fsp3) is 0.562. The van der Waals surface area contributed by atoms with Crippen LogP contribution in [0.2, 0.25) is 0 Å². The van der Waals surface area contributed by atoms with E-state index in [-0.39, 0.29) is 0 Å². The minimum absolute atomic E-state index is 0.626. The lowest BCUT2D eigenvalue weighted by atomic mass is 10.0. The van der Waals surface area contributed by atoms with Gasteiger partial charge < -0.3 is 10.6 Å². The highest BCUT2D eigenvalue weighted by molar-refractivity contribution is 5.56. The predicted molar refractivity (Wildman–Crippen MR) is 84.2 cm³/mol. The Bertz CT molecular complexity index is 557. The van der Waals surface area contributed by atoms with Crippen LogP contribution in [0.25, 0.3) is 0 Å². The topological polar surface area (TPSA) is 73.6 Å². The van der Waals surface area contributed by atoms with E-state index in [1.54, 1.807) is 0 Å². The van der Waals surface area contributed by atoms with Crippen molar-refractivity contribution in [2.24, 2.45) is 0 Å². The van der Waals surface area contributed by atoms with Crippen LogP contribution in [0.1, 0.15) is 43.5 Å². The summed E-state index contributed by atoms with van der Waals surface area (Å²) in [6, 6.07) is 2.29. The molecule has 5 nitrogen and oxygen atoms in total. The van der Waals surface area contributed by atoms with E-state index in [1.165, 1.54) is 5.57 Å². The van der Waals surface area contributed by atoms with Crippen molar-refractivity contribution >= 4 is 5.82 Å². The van der Waals surface area contributed by atoms with Crippen LogP contribution in [0.3, 0.4) is 0 Å². The lowest BCUT2D eigenvalue weighted by Crippen LogP contribution is -2.21. The molecule has 0 aromatic carbocycles. The number of hydrogen-bond donors (Lipinski definition) is 2. The summed E-state index contributed by atoms with van der Waals surface area (Å²) in [4.78, 5) is 0. The molecule has 2 N–H and O–H groups in total. The Hall–Kier alpha value is -1.93. The molecular formula is C16H23N5. The number of nitrogens with zero attached hydrogens (tertiary/aromatic N) is 3. The quantitative estimate of drug-likeness (QED) is 0.784. The Morgan fingerprint density at radius 1 is 1.33 bits per heavy atom. The lowest BCUT2D eigenvalue weighted by Gasteiger charge is -2.15. The van der Waals surface area contributed by atoms with Gasteiger partial charge in [0.1, 0.15) is 11.6 Å². The van der Waals surface area contributed by atoms with Gasteiger partial charge in [-0.05, 0) is 37.8 Å². The first-order chi connectivity index (χ1) is 10.3. The predicted octanol–water partition coefficient (Wildman–Crippen LogP) is 2.19. The van der Waals surface area contributed by atoms with Crippen LogP contribution < -0.4 is 10.6 Å². The summed E-state index contributed by atoms with van der Waals surface area (Å²) in [6.07, 6.45) is 5.97. The SMILES string of the molecule is CCc1nnc(NCCC2=CCNCC2)c(C#N)c1CC. The van der Waals surface area contributed by atoms with E-state index in [2.05, 4.69) is 39.9 Å². The molecule has 112 valence electrons. The summed E-state index contributed by atoms with van der Waals surface area (Å²) in [5.74, 6) is 0.626. The Balaban J connectivity index is 2.06. The largest absolute Gasteiger partial charge is 0.367 e. The second-order valence-electron chi connectivity index (χ2n) is 5.16. The average molecular weight is 285 g/mol. The molecule has 0 bridgehead atoms. The van der Waals surface area contributed by atoms with Crippen LogP contribution in [0.15, 0.2) is 11.6 Å². The summed E-state index contributed by atoms with van der Waals surface area (Å²) in [5, 5.41) is 24.5. The number of hydrogen-bond acceptors (Lipinski definition) is 5. The fourth-order valence-electron chi connectivity index (χ4n) is 2.66. The van der Waals surface area contributed by atoms with E-state index in [9.17, 15) is 5.26 Å². The zero-order chi connectivity index (χ0) is 15.1. The molecule has 0 fully saturated rings. The summed E-state index contributed by atoms with van der Waals surface area (Å²) < 4.78 is 0. The summed E-state index contributed by atoms with van der Waals surface area (Å²) in [5.41, 5.74) is 4.08. The van der Waals surface area contributed by atoms with E-state index in [0.717, 1.165) is 56.6 Å². The molecular weight excluding hydrogens is 262 g/mol. The Morgan fingerprint density at radius 3 is 2.81 bits per heavy atom. The Kier molecular flexibility index (Phi) is 5.70. The molecule has 0 saturated heterocycles. The highest BCUT2D eigenvalue weighted by Gasteiger charge is 2.14. The van der Waals surface area contributed by atoms with Gasteiger partial charge in [0, 0.05) is 13.1 Å². The zero-order valence-corrected chi connectivity index (χ0v) is 12.9. The van der Waals surface area contributed by atoms with Gasteiger partial charge >= 0.3 is 0 Å². The second-order valence-corrected chi connectivity index (χ2v) is 5.16. The first-order valence-corrected chi connectivity index (χ1v) is 7.71. The average Bonchev–Trinajstić information content (AvgIpc) is 2.55. The minimum Gasteiger partial charge on any atom is -0.367 e. The van der Waals surface area contributed by atoms with Crippen LogP contribution in [0.5, 0.6) is 0 Å². The number of anilines is 1. The number of rotatable bonds is 6. The molecule has 0 amide bonds. The normalized spacial score (nSPS) is 14.4. The summed E-state index contributed by atoms with van der Waals surface area (Å²) >= 11 is 0. The van der Waals surface area contributed by atoms with Crippen molar-refractivity contribution in [2.45, 2.75) is 39.5 Å². The highest BCUT2D eigenvalue weighted by Crippen LogP contribution is 2.20. The maximum atomic E-state index is 9.42. The Labute approximate surface area is 126 Å². The van der Waals surface area contributed by atoms with Gasteiger partial charge in [-0.1, -0.05) is 25.5 Å². The van der Waals surface area contributed by atoms with Crippen molar-refractivity contribution in [3.8, 4) is 6.07 Å². The minimum atomic E-state index is 0.626. The van der Waals surface area contributed by atoms with Gasteiger partial charge in [-0.2, -0.15) is 10.4 Å². The number of aryl methyl sites for hydroxylation is 1. The third-order valence-corrected chi connectivity index (χ3v) is 3.85. The molecule has 2 rings (SSSR count). The highest BCUT2D eigenvalue weighted by atomic mass is 15.2. The lowest BCUT2D eigenvalue weighted by molar-refractivity contribution is 0.683. The molecule has 1 aromatic heterocycles. The van der Waals surface area contributed by atoms with E-state index in [0.29, 0.717) is 11.4 Å². The number of nitrogens with one attached hydrogen (secondary N) is 2. The van der Waals surface area contributed by atoms with Gasteiger partial charge in [-0.25, -0.2) is 0 Å². The first-order valence-electron chi connectivity index (χ1n) is 7.71. The maximum Gasteiger partial charge on any atom is 0.166 e. The van der Waals surface area contributed by atoms with Crippen molar-refractivity contribution in [1.82, 2.24) is 15.5 Å². The van der Waals surface area contributed by atoms with Crippen molar-refractivity contribution < 1.29 is 0 Å². The van der Waals surface area contributed by atoms with Gasteiger partial charge in [-0.15, -0.1) is 5.10 Å². The summed E-state index contributed by atoms with van der Waals surface area (Å²) in [7, 11) is 0. The molecule has 21 heavy (non-hydrogen) atoms. The third kappa shape index (κ3) is 3.79. The molecule has 2 heterocycles. The Morgan fingerprint density at radius 2 is 2.19 bits per heavy atom. The molecule has 0 radical (unpaired) electrons. The molecule has 0 unspecified atom stereocenters. The maximum absolute atomic E-state index is 9.42. The van der Waals surface area contributed by atoms with Crippen molar-refractivity contribution in [3.05, 3.63) is 28.5 Å². The van der Waals surface area contributed by atoms with Crippen LogP contribution in [-0.2, 0) is 12.8 Å². The standard InChI is InChI=1S/C16H23N5/c1-3-13-14(11-17)16(21-20-15(13)4-2)19-10-7-12-5-8-18-9-6-12/h5,18H,3-4,6-10H2,1-2H3,(H,19,21). The first kappa shape index (κ1) is 15.5. The zero-order valence-electron chi connectivity index (χ0n) is 12.9. The van der Waals surface area contributed by atoms with Gasteiger partial charge in [0.25, 0.3) is 0 Å². The molecule has 0 atom stereocenters. The van der Waals surface area contributed by atoms with Crippen molar-refractivity contribution in [2.75, 3.05) is 25.0 Å². The second kappa shape index (κ2) is 7.75. The smallest absolute Gasteiger partial charge is 0.166 e. The van der Waals surface area contributed by atoms with Gasteiger partial charge in [0.2, 0.25) is 0 Å². The van der Waals surface area contributed by atoms with Crippen LogP contribution in [-0.4, -0.2) is 29.8 Å². The van der Waals surface area contributed by atoms with E-state index >= 15 is 0 Å². The van der Waals surface area contributed by atoms with E-state index < -0.39 is 0 Å². The van der Waals surface area contributed by atoms with Crippen LogP contribution in [0.4, 0.5) is 5.82 Å². The van der Waals surface area contributed by atoms with Gasteiger partial charge in [-0.3, -0.25) is 0 Å². The molecule has 0 aliphatic carbocycles. The number of aromatic nitrogens is 2. The number of nitriles is 1. The molecule has 1 aromatic rings. The molecule has 5 heteroatoms. The summed E-state index contributed by atoms with van der Waals surface area (Å²) in [6.45, 7) is 6.91. The third-order valence-electron chi connectivity index (χ3n) is 3.85. The van der Waals surface area contributed by atoms with E-state index in [1.807, 2.05) is 6.92 Å². The molecule has 0 saturated carbocycles. The molecule has 1 aliphatic heterocycles. The van der Waals surface area contributed by atoms with Gasteiger partial charge in [0.15, 0.2) is 5.82 Å². The van der Waals surface area contributed by atoms with E-state index in [4.69, 9.17) is 0 Å². The monoisotopic (exact) mass is 285 g/mol. The molecule has 0 spiro atoms. The van der Waals surface area contributed by atoms with Crippen LogP contribution in [0, 0.1) is 11.3 Å². The van der Waals surface area contributed by atoms with Crippen LogP contribution >= 0.6 is 0 Å². The van der Waals surface area contributed by atoms with Crippen molar-refractivity contribution in [1.29, 1.82) is 5.26 Å². The van der Waals surface area contributed by atoms with Crippen molar-refractivity contribution in [3.63, 3.8) is 0 Å². The molecule has 1 aliphatic rings. The van der Waals surface area contributed by atoms with Gasteiger partial charge in [0.05, 0.1) is 5.69 Å². The fourth-order valence-corrected chi connectivity index (χ4v) is 2.66.